The Kier molecular flexibility index (Phi) is 8.88. The number of nitrogens with zero attached hydrogens (tertiary/aromatic N) is 5. The Balaban J connectivity index is 0.00000280. The van der Waals surface area contributed by atoms with Crippen LogP contribution in [-0.2, 0) is 13.5 Å². The third-order valence-corrected chi connectivity index (χ3v) is 4.91. The minimum Gasteiger partial charge on any atom is -0.497 e. The van der Waals surface area contributed by atoms with Crippen LogP contribution in [0, 0.1) is 0 Å². The summed E-state index contributed by atoms with van der Waals surface area (Å²) in [6, 6.07) is 8.29. The number of aliphatic imine (C=N–C) groups is 1. The first-order valence-corrected chi connectivity index (χ1v) is 9.51. The number of anilines is 1. The lowest BCUT2D eigenvalue weighted by atomic mass is 10.2. The van der Waals surface area contributed by atoms with Crippen LogP contribution < -0.4 is 15.0 Å². The third-order valence-electron chi connectivity index (χ3n) is 4.91. The number of piperazine rings is 1. The Morgan fingerprint density at radius 3 is 2.46 bits per heavy atom. The maximum absolute atomic E-state index is 5.24. The summed E-state index contributed by atoms with van der Waals surface area (Å²) in [6.45, 7) is 4.83. The Morgan fingerprint density at radius 2 is 1.89 bits per heavy atom. The van der Waals surface area contributed by atoms with Crippen LogP contribution in [0.15, 0.2) is 41.7 Å². The lowest BCUT2D eigenvalue weighted by Crippen LogP contribution is -2.52. The largest absolute Gasteiger partial charge is 0.497 e. The number of benzene rings is 1. The molecule has 1 aromatic heterocycles. The van der Waals surface area contributed by atoms with Gasteiger partial charge in [-0.2, -0.15) is 5.10 Å². The van der Waals surface area contributed by atoms with Crippen molar-refractivity contribution >= 4 is 35.6 Å². The molecule has 3 rings (SSSR count). The van der Waals surface area contributed by atoms with E-state index >= 15 is 0 Å². The molecule has 154 valence electrons. The fourth-order valence-corrected chi connectivity index (χ4v) is 3.40. The second-order valence-corrected chi connectivity index (χ2v) is 6.77. The lowest BCUT2D eigenvalue weighted by Gasteiger charge is -2.37. The van der Waals surface area contributed by atoms with E-state index in [9.17, 15) is 0 Å². The van der Waals surface area contributed by atoms with Crippen molar-refractivity contribution in [1.29, 1.82) is 0 Å². The van der Waals surface area contributed by atoms with Crippen LogP contribution in [0.4, 0.5) is 5.69 Å². The molecule has 28 heavy (non-hydrogen) atoms. The highest BCUT2D eigenvalue weighted by Crippen LogP contribution is 2.20. The van der Waals surface area contributed by atoms with E-state index < -0.39 is 0 Å². The molecule has 8 heteroatoms. The number of rotatable bonds is 6. The predicted molar refractivity (Wildman–Crippen MR) is 125 cm³/mol. The third kappa shape index (κ3) is 6.02. The van der Waals surface area contributed by atoms with E-state index in [1.165, 1.54) is 11.3 Å². The molecule has 0 atom stereocenters. The van der Waals surface area contributed by atoms with Crippen LogP contribution >= 0.6 is 24.0 Å². The Bertz CT molecular complexity index is 737. The molecule has 1 aliphatic rings. The quantitative estimate of drug-likeness (QED) is 0.287. The zero-order chi connectivity index (χ0) is 19.1. The minimum absolute atomic E-state index is 0. The highest BCUT2D eigenvalue weighted by Gasteiger charge is 2.19. The van der Waals surface area contributed by atoms with Gasteiger partial charge in [-0.25, -0.2) is 0 Å². The van der Waals surface area contributed by atoms with E-state index in [1.54, 1.807) is 7.11 Å². The van der Waals surface area contributed by atoms with Gasteiger partial charge in [-0.3, -0.25) is 9.67 Å². The monoisotopic (exact) mass is 498 g/mol. The van der Waals surface area contributed by atoms with Gasteiger partial charge in [0.1, 0.15) is 5.75 Å². The molecule has 0 saturated carbocycles. The number of hydrogen-bond donors (Lipinski definition) is 1. The first-order chi connectivity index (χ1) is 13.2. The van der Waals surface area contributed by atoms with Crippen molar-refractivity contribution < 1.29 is 4.74 Å². The molecule has 1 aliphatic heterocycles. The molecule has 1 aromatic carbocycles. The van der Waals surface area contributed by atoms with Gasteiger partial charge in [-0.1, -0.05) is 0 Å². The first-order valence-electron chi connectivity index (χ1n) is 9.51. The first kappa shape index (κ1) is 22.3. The van der Waals surface area contributed by atoms with E-state index in [1.807, 2.05) is 37.1 Å². The summed E-state index contributed by atoms with van der Waals surface area (Å²) in [5.41, 5.74) is 2.53. The molecule has 2 aromatic rings. The number of aryl methyl sites for hydroxylation is 2. The van der Waals surface area contributed by atoms with Crippen molar-refractivity contribution in [2.45, 2.75) is 12.8 Å². The zero-order valence-corrected chi connectivity index (χ0v) is 19.3. The number of methoxy groups -OCH3 is 1. The number of halogens is 1. The maximum atomic E-state index is 5.24. The summed E-state index contributed by atoms with van der Waals surface area (Å²) < 4.78 is 7.09. The van der Waals surface area contributed by atoms with E-state index in [-0.39, 0.29) is 24.0 Å². The molecule has 2 heterocycles. The number of ether oxygens (including phenoxy) is 1. The standard InChI is InChI=1S/C20H30N6O.HI/c1-21-20(22-10-4-5-17-15-23-24(2)16-17)26-13-11-25(12-14-26)18-6-8-19(27-3)9-7-18;/h6-9,15-16H,4-5,10-14H2,1-3H3,(H,21,22);1H. The number of aromatic nitrogens is 2. The van der Waals surface area contributed by atoms with Gasteiger partial charge in [0, 0.05) is 58.7 Å². The maximum Gasteiger partial charge on any atom is 0.193 e. The highest BCUT2D eigenvalue weighted by molar-refractivity contribution is 14.0. The Labute approximate surface area is 184 Å². The van der Waals surface area contributed by atoms with Crippen LogP contribution in [0.5, 0.6) is 5.75 Å². The van der Waals surface area contributed by atoms with Crippen LogP contribution in [0.1, 0.15) is 12.0 Å². The van der Waals surface area contributed by atoms with Crippen molar-refractivity contribution in [1.82, 2.24) is 20.0 Å². The van der Waals surface area contributed by atoms with Crippen molar-refractivity contribution in [2.75, 3.05) is 51.8 Å². The van der Waals surface area contributed by atoms with Crippen molar-refractivity contribution in [3.63, 3.8) is 0 Å². The average molecular weight is 498 g/mol. The molecule has 0 bridgehead atoms. The van der Waals surface area contributed by atoms with E-state index in [0.717, 1.165) is 57.3 Å². The SMILES string of the molecule is CN=C(NCCCc1cnn(C)c1)N1CCN(c2ccc(OC)cc2)CC1.I. The Morgan fingerprint density at radius 1 is 1.18 bits per heavy atom. The average Bonchev–Trinajstić information content (AvgIpc) is 3.13. The van der Waals surface area contributed by atoms with E-state index in [4.69, 9.17) is 4.74 Å². The molecule has 1 fully saturated rings. The van der Waals surface area contributed by atoms with Gasteiger partial charge >= 0.3 is 0 Å². The molecular weight excluding hydrogens is 467 g/mol. The van der Waals surface area contributed by atoms with Crippen LogP contribution in [-0.4, -0.2) is 67.5 Å². The molecular formula is C20H31IN6O. The zero-order valence-electron chi connectivity index (χ0n) is 17.0. The van der Waals surface area contributed by atoms with Gasteiger partial charge in [0.05, 0.1) is 13.3 Å². The number of nitrogens with one attached hydrogen (secondary N) is 1. The summed E-state index contributed by atoms with van der Waals surface area (Å²) in [5.74, 6) is 1.89. The Hall–Kier alpha value is -1.97. The van der Waals surface area contributed by atoms with Crippen molar-refractivity contribution in [3.05, 3.63) is 42.2 Å². The number of guanidine groups is 1. The molecule has 1 saturated heterocycles. The smallest absolute Gasteiger partial charge is 0.193 e. The van der Waals surface area contributed by atoms with E-state index in [0.29, 0.717) is 0 Å². The fraction of sp³-hybridized carbons (Fsp3) is 0.500. The normalized spacial score (nSPS) is 14.6. The van der Waals surface area contributed by atoms with Gasteiger partial charge in [0.15, 0.2) is 5.96 Å². The molecule has 7 nitrogen and oxygen atoms in total. The topological polar surface area (TPSA) is 57.9 Å². The van der Waals surface area contributed by atoms with Crippen molar-refractivity contribution in [2.24, 2.45) is 12.0 Å². The fourth-order valence-electron chi connectivity index (χ4n) is 3.40. The van der Waals surface area contributed by atoms with Crippen LogP contribution in [0.2, 0.25) is 0 Å². The molecule has 0 spiro atoms. The molecule has 0 aliphatic carbocycles. The van der Waals surface area contributed by atoms with Gasteiger partial charge in [0.25, 0.3) is 0 Å². The van der Waals surface area contributed by atoms with Crippen molar-refractivity contribution in [3.8, 4) is 5.75 Å². The van der Waals surface area contributed by atoms with Crippen LogP contribution in [0.25, 0.3) is 0 Å². The van der Waals surface area contributed by atoms with Gasteiger partial charge < -0.3 is 19.9 Å². The number of hydrogen-bond acceptors (Lipinski definition) is 4. The second-order valence-electron chi connectivity index (χ2n) is 6.77. The van der Waals surface area contributed by atoms with Gasteiger partial charge in [0.2, 0.25) is 0 Å². The summed E-state index contributed by atoms with van der Waals surface area (Å²) in [7, 11) is 5.51. The molecule has 0 amide bonds. The second kappa shape index (κ2) is 11.1. The molecule has 0 radical (unpaired) electrons. The summed E-state index contributed by atoms with van der Waals surface area (Å²) in [5, 5.41) is 7.71. The minimum atomic E-state index is 0. The lowest BCUT2D eigenvalue weighted by molar-refractivity contribution is 0.372. The molecule has 1 N–H and O–H groups in total. The summed E-state index contributed by atoms with van der Waals surface area (Å²) in [6.07, 6.45) is 6.11. The summed E-state index contributed by atoms with van der Waals surface area (Å²) in [4.78, 5) is 9.21. The van der Waals surface area contributed by atoms with E-state index in [2.05, 4.69) is 43.5 Å². The van der Waals surface area contributed by atoms with Gasteiger partial charge in [-0.05, 0) is 42.7 Å². The van der Waals surface area contributed by atoms with Gasteiger partial charge in [-0.15, -0.1) is 24.0 Å². The summed E-state index contributed by atoms with van der Waals surface area (Å²) >= 11 is 0. The predicted octanol–water partition coefficient (Wildman–Crippen LogP) is 2.38. The van der Waals surface area contributed by atoms with Crippen LogP contribution in [0.3, 0.4) is 0 Å². The highest BCUT2D eigenvalue weighted by atomic mass is 127. The molecule has 0 unspecified atom stereocenters.